The van der Waals surface area contributed by atoms with Gasteiger partial charge in [0.25, 0.3) is 0 Å². The van der Waals surface area contributed by atoms with Crippen LogP contribution in [0, 0.1) is 12.8 Å². The van der Waals surface area contributed by atoms with Gasteiger partial charge in [-0.2, -0.15) is 0 Å². The van der Waals surface area contributed by atoms with Crippen LogP contribution in [0.5, 0.6) is 0 Å². The molecular weight excluding hydrogens is 252 g/mol. The van der Waals surface area contributed by atoms with Gasteiger partial charge < -0.3 is 10.6 Å². The minimum atomic E-state index is -0.591. The summed E-state index contributed by atoms with van der Waals surface area (Å²) < 4.78 is 0. The van der Waals surface area contributed by atoms with E-state index in [0.29, 0.717) is 11.6 Å². The number of aryl methyl sites for hydroxylation is 1. The molecule has 2 atom stereocenters. The summed E-state index contributed by atoms with van der Waals surface area (Å²) in [7, 11) is 0. The molecule has 2 N–H and O–H groups in total. The van der Waals surface area contributed by atoms with Gasteiger partial charge in [0, 0.05) is 11.7 Å². The number of benzene rings is 1. The first kappa shape index (κ1) is 14.6. The average Bonchev–Trinajstić information content (AvgIpc) is 2.44. The van der Waals surface area contributed by atoms with Gasteiger partial charge in [-0.05, 0) is 37.8 Å². The smallest absolute Gasteiger partial charge is 0.313 e. The Labute approximate surface area is 119 Å². The maximum atomic E-state index is 11.9. The third-order valence-corrected chi connectivity index (χ3v) is 3.94. The van der Waals surface area contributed by atoms with E-state index >= 15 is 0 Å². The van der Waals surface area contributed by atoms with E-state index in [9.17, 15) is 9.59 Å². The van der Waals surface area contributed by atoms with Crippen LogP contribution in [0.25, 0.3) is 0 Å². The first-order chi connectivity index (χ1) is 9.56. The lowest BCUT2D eigenvalue weighted by atomic mass is 9.86. The number of carbonyl (C=O) groups excluding carboxylic acids is 2. The molecule has 2 amide bonds. The van der Waals surface area contributed by atoms with Crippen molar-refractivity contribution in [2.24, 2.45) is 5.92 Å². The molecule has 1 aliphatic carbocycles. The highest BCUT2D eigenvalue weighted by atomic mass is 16.2. The molecule has 0 spiro atoms. The molecule has 1 aromatic carbocycles. The lowest BCUT2D eigenvalue weighted by Gasteiger charge is -2.29. The fourth-order valence-corrected chi connectivity index (χ4v) is 2.59. The first-order valence-electron chi connectivity index (χ1n) is 7.25. The molecule has 2 rings (SSSR count). The van der Waals surface area contributed by atoms with Crippen molar-refractivity contribution in [3.05, 3.63) is 29.8 Å². The molecule has 0 radical (unpaired) electrons. The van der Waals surface area contributed by atoms with Crippen molar-refractivity contribution in [2.45, 2.75) is 45.6 Å². The summed E-state index contributed by atoms with van der Waals surface area (Å²) in [6.07, 6.45) is 4.41. The topological polar surface area (TPSA) is 58.2 Å². The van der Waals surface area contributed by atoms with E-state index in [1.54, 1.807) is 12.1 Å². The Morgan fingerprint density at radius 3 is 2.35 bits per heavy atom. The number of carbonyl (C=O) groups is 2. The molecule has 4 nitrogen and oxygen atoms in total. The van der Waals surface area contributed by atoms with Crippen molar-refractivity contribution < 1.29 is 9.59 Å². The number of nitrogens with one attached hydrogen (secondary N) is 2. The van der Waals surface area contributed by atoms with Crippen LogP contribution in [0.3, 0.4) is 0 Å². The summed E-state index contributed by atoms with van der Waals surface area (Å²) in [5, 5.41) is 5.47. The fourth-order valence-electron chi connectivity index (χ4n) is 2.59. The zero-order chi connectivity index (χ0) is 14.5. The van der Waals surface area contributed by atoms with E-state index in [0.717, 1.165) is 24.8 Å². The van der Waals surface area contributed by atoms with Crippen molar-refractivity contribution in [1.29, 1.82) is 0 Å². The maximum absolute atomic E-state index is 11.9. The van der Waals surface area contributed by atoms with Crippen molar-refractivity contribution in [3.8, 4) is 0 Å². The molecule has 1 aromatic rings. The summed E-state index contributed by atoms with van der Waals surface area (Å²) in [4.78, 5) is 23.8. The van der Waals surface area contributed by atoms with Gasteiger partial charge in [-0.3, -0.25) is 9.59 Å². The first-order valence-corrected chi connectivity index (χ1v) is 7.25. The van der Waals surface area contributed by atoms with Gasteiger partial charge in [0.1, 0.15) is 0 Å². The summed E-state index contributed by atoms with van der Waals surface area (Å²) in [6, 6.07) is 7.51. The van der Waals surface area contributed by atoms with Crippen LogP contribution in [-0.2, 0) is 9.59 Å². The molecule has 0 heterocycles. The molecule has 0 bridgehead atoms. The van der Waals surface area contributed by atoms with Crippen LogP contribution in [0.4, 0.5) is 5.69 Å². The fraction of sp³-hybridized carbons (Fsp3) is 0.500. The number of rotatable bonds is 2. The van der Waals surface area contributed by atoms with Crippen molar-refractivity contribution >= 4 is 17.5 Å². The van der Waals surface area contributed by atoms with E-state index in [1.165, 1.54) is 6.42 Å². The van der Waals surface area contributed by atoms with Crippen LogP contribution in [0.15, 0.2) is 24.3 Å². The molecule has 20 heavy (non-hydrogen) atoms. The predicted molar refractivity (Wildman–Crippen MR) is 79.4 cm³/mol. The van der Waals surface area contributed by atoms with Crippen LogP contribution in [0.1, 0.15) is 38.2 Å². The Hall–Kier alpha value is -1.84. The Balaban J connectivity index is 1.88. The molecular formula is C16H22N2O2. The van der Waals surface area contributed by atoms with Crippen LogP contribution in [-0.4, -0.2) is 17.9 Å². The van der Waals surface area contributed by atoms with Gasteiger partial charge in [0.05, 0.1) is 0 Å². The molecule has 0 aromatic heterocycles. The lowest BCUT2D eigenvalue weighted by Crippen LogP contribution is -2.45. The molecule has 0 aliphatic heterocycles. The van der Waals surface area contributed by atoms with Crippen LogP contribution >= 0.6 is 0 Å². The second-order valence-corrected chi connectivity index (χ2v) is 5.66. The summed E-state index contributed by atoms with van der Waals surface area (Å²) in [5.41, 5.74) is 1.76. The van der Waals surface area contributed by atoms with Crippen LogP contribution in [0.2, 0.25) is 0 Å². The largest absolute Gasteiger partial charge is 0.345 e. The van der Waals surface area contributed by atoms with Gasteiger partial charge in [-0.25, -0.2) is 0 Å². The van der Waals surface area contributed by atoms with E-state index in [4.69, 9.17) is 0 Å². The minimum Gasteiger partial charge on any atom is -0.345 e. The third-order valence-electron chi connectivity index (χ3n) is 3.94. The number of hydrogen-bond donors (Lipinski definition) is 2. The zero-order valence-electron chi connectivity index (χ0n) is 12.1. The van der Waals surface area contributed by atoms with Gasteiger partial charge in [0.2, 0.25) is 0 Å². The highest BCUT2D eigenvalue weighted by Crippen LogP contribution is 2.23. The summed E-state index contributed by atoms with van der Waals surface area (Å²) in [5.74, 6) is -0.684. The zero-order valence-corrected chi connectivity index (χ0v) is 12.1. The highest BCUT2D eigenvalue weighted by Gasteiger charge is 2.25. The number of amides is 2. The molecule has 1 saturated carbocycles. The second-order valence-electron chi connectivity index (χ2n) is 5.66. The second kappa shape index (κ2) is 6.55. The van der Waals surface area contributed by atoms with Gasteiger partial charge in [-0.1, -0.05) is 37.5 Å². The van der Waals surface area contributed by atoms with E-state index in [2.05, 4.69) is 17.6 Å². The lowest BCUT2D eigenvalue weighted by molar-refractivity contribution is -0.137. The highest BCUT2D eigenvalue weighted by molar-refractivity contribution is 6.39. The van der Waals surface area contributed by atoms with Gasteiger partial charge in [-0.15, -0.1) is 0 Å². The number of anilines is 1. The standard InChI is InChI=1S/C16H22N2O2/c1-11-7-9-13(10-8-11)17-15(19)16(20)18-14-6-4-3-5-12(14)2/h7-10,12,14H,3-6H2,1-2H3,(H,17,19)(H,18,20)/t12-,14-/m1/s1. The summed E-state index contributed by atoms with van der Waals surface area (Å²) >= 11 is 0. The average molecular weight is 274 g/mol. The SMILES string of the molecule is Cc1ccc(NC(=O)C(=O)N[C@@H]2CCCC[C@H]2C)cc1. The Morgan fingerprint density at radius 1 is 1.05 bits per heavy atom. The Morgan fingerprint density at radius 2 is 1.70 bits per heavy atom. The van der Waals surface area contributed by atoms with Gasteiger partial charge >= 0.3 is 11.8 Å². The van der Waals surface area contributed by atoms with E-state index < -0.39 is 11.8 Å². The predicted octanol–water partition coefficient (Wildman–Crippen LogP) is 2.63. The van der Waals surface area contributed by atoms with E-state index in [-0.39, 0.29) is 6.04 Å². The summed E-state index contributed by atoms with van der Waals surface area (Å²) in [6.45, 7) is 4.10. The molecule has 4 heteroatoms. The minimum absolute atomic E-state index is 0.125. The Kier molecular flexibility index (Phi) is 4.77. The normalized spacial score (nSPS) is 22.1. The monoisotopic (exact) mass is 274 g/mol. The van der Waals surface area contributed by atoms with Crippen molar-refractivity contribution in [3.63, 3.8) is 0 Å². The molecule has 108 valence electrons. The van der Waals surface area contributed by atoms with Crippen molar-refractivity contribution in [2.75, 3.05) is 5.32 Å². The molecule has 1 aliphatic rings. The quantitative estimate of drug-likeness (QED) is 0.814. The molecule has 1 fully saturated rings. The van der Waals surface area contributed by atoms with E-state index in [1.807, 2.05) is 19.1 Å². The molecule has 0 saturated heterocycles. The third kappa shape index (κ3) is 3.83. The molecule has 0 unspecified atom stereocenters. The maximum Gasteiger partial charge on any atom is 0.313 e. The number of hydrogen-bond acceptors (Lipinski definition) is 2. The van der Waals surface area contributed by atoms with Crippen LogP contribution < -0.4 is 10.6 Å². The Bertz CT molecular complexity index is 482. The van der Waals surface area contributed by atoms with Gasteiger partial charge in [0.15, 0.2) is 0 Å². The van der Waals surface area contributed by atoms with Crippen molar-refractivity contribution in [1.82, 2.24) is 5.32 Å².